The van der Waals surface area contributed by atoms with Crippen molar-refractivity contribution in [2.24, 2.45) is 0 Å². The van der Waals surface area contributed by atoms with Crippen LogP contribution in [0, 0.1) is 0 Å². The summed E-state index contributed by atoms with van der Waals surface area (Å²) in [6.45, 7) is 9.49. The van der Waals surface area contributed by atoms with E-state index in [-0.39, 0.29) is 0 Å². The zero-order valence-corrected chi connectivity index (χ0v) is 32.5. The lowest BCUT2D eigenvalue weighted by Crippen LogP contribution is -2.39. The molecule has 2 nitrogen and oxygen atoms in total. The Hall–Kier alpha value is -0.660. The Morgan fingerprint density at radius 2 is 0.500 bits per heavy atom. The highest BCUT2D eigenvalue weighted by molar-refractivity contribution is 4.97. The first-order valence-corrected chi connectivity index (χ1v) is 22.0. The molecule has 0 aromatic heterocycles. The van der Waals surface area contributed by atoms with Gasteiger partial charge in [0.1, 0.15) is 6.17 Å². The summed E-state index contributed by atoms with van der Waals surface area (Å²) in [4.78, 5) is 5.45. The lowest BCUT2D eigenvalue weighted by atomic mass is 10.0. The van der Waals surface area contributed by atoms with Crippen LogP contribution in [-0.4, -0.2) is 29.1 Å². The van der Waals surface area contributed by atoms with Crippen LogP contribution < -0.4 is 0 Å². The third-order valence-corrected chi connectivity index (χ3v) is 10.8. The van der Waals surface area contributed by atoms with E-state index >= 15 is 0 Å². The molecule has 1 atom stereocenters. The van der Waals surface area contributed by atoms with E-state index in [2.05, 4.69) is 43.0 Å². The highest BCUT2D eigenvalue weighted by Gasteiger charge is 2.24. The molecular weight excluding hydrogens is 556 g/mol. The molecule has 0 amide bonds. The molecule has 1 unspecified atom stereocenters. The molecule has 0 N–H and O–H groups in total. The second kappa shape index (κ2) is 35.6. The van der Waals surface area contributed by atoms with Crippen molar-refractivity contribution in [2.45, 2.75) is 258 Å². The standard InChI is InChI=1S/C44H88N2/c1-4-7-10-13-16-19-21-23-24-26-28-30-33-36-39-44-45(40-37-34-31-18-15-12-9-6-3)42-43-46(44)41-38-35-32-29-27-25-22-20-17-14-11-8-5-2/h42-44H,4-41H2,1-3H3. The Balaban J connectivity index is 2.19. The zero-order chi connectivity index (χ0) is 33.0. The minimum atomic E-state index is 0.638. The summed E-state index contributed by atoms with van der Waals surface area (Å²) in [5, 5.41) is 0. The summed E-state index contributed by atoms with van der Waals surface area (Å²) in [6, 6.07) is 0. The predicted octanol–water partition coefficient (Wildman–Crippen LogP) is 15.5. The Morgan fingerprint density at radius 3 is 0.761 bits per heavy atom. The molecule has 1 rings (SSSR count). The van der Waals surface area contributed by atoms with E-state index in [1.807, 2.05) is 0 Å². The van der Waals surface area contributed by atoms with Crippen LogP contribution in [0.5, 0.6) is 0 Å². The largest absolute Gasteiger partial charge is 0.356 e. The summed E-state index contributed by atoms with van der Waals surface area (Å²) in [7, 11) is 0. The molecule has 0 aliphatic carbocycles. The topological polar surface area (TPSA) is 6.48 Å². The van der Waals surface area contributed by atoms with Gasteiger partial charge in [-0.05, 0) is 25.7 Å². The van der Waals surface area contributed by atoms with Gasteiger partial charge in [0.15, 0.2) is 0 Å². The normalized spacial score (nSPS) is 14.7. The molecule has 0 fully saturated rings. The fourth-order valence-electron chi connectivity index (χ4n) is 7.60. The van der Waals surface area contributed by atoms with Crippen molar-refractivity contribution >= 4 is 0 Å². The quantitative estimate of drug-likeness (QED) is 0.0617. The van der Waals surface area contributed by atoms with E-state index in [0.717, 1.165) is 0 Å². The molecule has 0 radical (unpaired) electrons. The van der Waals surface area contributed by atoms with Gasteiger partial charge >= 0.3 is 0 Å². The minimum Gasteiger partial charge on any atom is -0.356 e. The molecule has 0 saturated carbocycles. The fraction of sp³-hybridized carbons (Fsp3) is 0.955. The molecule has 0 bridgehead atoms. The number of rotatable bonds is 38. The molecule has 0 aromatic carbocycles. The zero-order valence-electron chi connectivity index (χ0n) is 32.5. The van der Waals surface area contributed by atoms with Crippen LogP contribution in [0.1, 0.15) is 252 Å². The van der Waals surface area contributed by atoms with Crippen LogP contribution in [0.4, 0.5) is 0 Å². The van der Waals surface area contributed by atoms with Gasteiger partial charge in [0.2, 0.25) is 0 Å². The predicted molar refractivity (Wildman–Crippen MR) is 210 cm³/mol. The first-order valence-electron chi connectivity index (χ1n) is 22.0. The van der Waals surface area contributed by atoms with E-state index in [0.29, 0.717) is 6.17 Å². The second-order valence-electron chi connectivity index (χ2n) is 15.4. The van der Waals surface area contributed by atoms with Crippen LogP contribution >= 0.6 is 0 Å². The molecule has 1 aliphatic rings. The van der Waals surface area contributed by atoms with Crippen LogP contribution in [-0.2, 0) is 0 Å². The SMILES string of the molecule is CCCCCCCCCCCCCCCCC1N(CCCCCCCCCC)C=CN1CCCCCCCCCCCCCCC. The van der Waals surface area contributed by atoms with Gasteiger partial charge in [-0.15, -0.1) is 0 Å². The van der Waals surface area contributed by atoms with Crippen molar-refractivity contribution in [3.63, 3.8) is 0 Å². The van der Waals surface area contributed by atoms with Crippen molar-refractivity contribution in [3.8, 4) is 0 Å². The molecule has 1 aliphatic heterocycles. The number of unbranched alkanes of at least 4 members (excludes halogenated alkanes) is 32. The smallest absolute Gasteiger partial charge is 0.101 e. The lowest BCUT2D eigenvalue weighted by Gasteiger charge is -2.33. The highest BCUT2D eigenvalue weighted by atomic mass is 15.4. The van der Waals surface area contributed by atoms with Crippen molar-refractivity contribution in [2.75, 3.05) is 13.1 Å². The molecule has 0 aromatic rings. The molecular formula is C44H88N2. The van der Waals surface area contributed by atoms with Gasteiger partial charge in [0.05, 0.1) is 0 Å². The monoisotopic (exact) mass is 645 g/mol. The number of nitrogens with zero attached hydrogens (tertiary/aromatic N) is 2. The van der Waals surface area contributed by atoms with E-state index in [1.54, 1.807) is 0 Å². The average molecular weight is 645 g/mol. The molecule has 2 heteroatoms. The van der Waals surface area contributed by atoms with E-state index in [1.165, 1.54) is 244 Å². The number of hydrogen-bond donors (Lipinski definition) is 0. The first-order chi connectivity index (χ1) is 22.8. The Kier molecular flexibility index (Phi) is 33.6. The summed E-state index contributed by atoms with van der Waals surface area (Å²) in [6.07, 6.45) is 57.4. The minimum absolute atomic E-state index is 0.638. The van der Waals surface area contributed by atoms with Crippen LogP contribution in [0.25, 0.3) is 0 Å². The van der Waals surface area contributed by atoms with Crippen molar-refractivity contribution in [1.29, 1.82) is 0 Å². The van der Waals surface area contributed by atoms with Gasteiger partial charge in [0.25, 0.3) is 0 Å². The van der Waals surface area contributed by atoms with Crippen molar-refractivity contribution < 1.29 is 0 Å². The van der Waals surface area contributed by atoms with Gasteiger partial charge in [-0.25, -0.2) is 0 Å². The molecule has 274 valence electrons. The molecule has 0 saturated heterocycles. The van der Waals surface area contributed by atoms with Gasteiger partial charge in [-0.2, -0.15) is 0 Å². The van der Waals surface area contributed by atoms with Crippen molar-refractivity contribution in [1.82, 2.24) is 9.80 Å². The second-order valence-corrected chi connectivity index (χ2v) is 15.4. The Morgan fingerprint density at radius 1 is 0.283 bits per heavy atom. The molecule has 46 heavy (non-hydrogen) atoms. The third-order valence-electron chi connectivity index (χ3n) is 10.8. The third kappa shape index (κ3) is 27.3. The maximum Gasteiger partial charge on any atom is 0.101 e. The van der Waals surface area contributed by atoms with E-state index in [4.69, 9.17) is 0 Å². The fourth-order valence-corrected chi connectivity index (χ4v) is 7.60. The molecule has 1 heterocycles. The summed E-state index contributed by atoms with van der Waals surface area (Å²) < 4.78 is 0. The Labute approximate surface area is 292 Å². The van der Waals surface area contributed by atoms with Crippen LogP contribution in [0.2, 0.25) is 0 Å². The molecule has 0 spiro atoms. The summed E-state index contributed by atoms with van der Waals surface area (Å²) in [5.74, 6) is 0. The van der Waals surface area contributed by atoms with Gasteiger partial charge < -0.3 is 9.80 Å². The average Bonchev–Trinajstić information content (AvgIpc) is 3.45. The van der Waals surface area contributed by atoms with E-state index < -0.39 is 0 Å². The van der Waals surface area contributed by atoms with Gasteiger partial charge in [0, 0.05) is 25.5 Å². The maximum absolute atomic E-state index is 2.73. The summed E-state index contributed by atoms with van der Waals surface area (Å²) in [5.41, 5.74) is 0. The van der Waals surface area contributed by atoms with E-state index in [9.17, 15) is 0 Å². The highest BCUT2D eigenvalue weighted by Crippen LogP contribution is 2.24. The maximum atomic E-state index is 2.73. The van der Waals surface area contributed by atoms with Crippen molar-refractivity contribution in [3.05, 3.63) is 12.4 Å². The summed E-state index contributed by atoms with van der Waals surface area (Å²) >= 11 is 0. The number of hydrogen-bond acceptors (Lipinski definition) is 2. The first kappa shape index (κ1) is 43.4. The van der Waals surface area contributed by atoms with Gasteiger partial charge in [-0.3, -0.25) is 0 Å². The lowest BCUT2D eigenvalue weighted by molar-refractivity contribution is 0.135. The van der Waals surface area contributed by atoms with Gasteiger partial charge in [-0.1, -0.05) is 226 Å². The Bertz CT molecular complexity index is 601. The van der Waals surface area contributed by atoms with Crippen LogP contribution in [0.3, 0.4) is 0 Å². The van der Waals surface area contributed by atoms with Crippen LogP contribution in [0.15, 0.2) is 12.4 Å².